The summed E-state index contributed by atoms with van der Waals surface area (Å²) >= 11 is 0. The van der Waals surface area contributed by atoms with Crippen molar-refractivity contribution in [1.82, 2.24) is 19.5 Å². The molecular formula is C29H28FN5O3. The van der Waals surface area contributed by atoms with E-state index in [1.807, 2.05) is 48.7 Å². The highest BCUT2D eigenvalue weighted by molar-refractivity contribution is 5.80. The van der Waals surface area contributed by atoms with Gasteiger partial charge in [0, 0.05) is 36.0 Å². The summed E-state index contributed by atoms with van der Waals surface area (Å²) in [6, 6.07) is 17.6. The third kappa shape index (κ3) is 5.63. The highest BCUT2D eigenvalue weighted by atomic mass is 19.1. The van der Waals surface area contributed by atoms with E-state index in [1.54, 1.807) is 36.7 Å². The number of aliphatic hydroxyl groups excluding tert-OH is 1. The van der Waals surface area contributed by atoms with Crippen molar-refractivity contribution in [1.29, 1.82) is 0 Å². The van der Waals surface area contributed by atoms with Crippen molar-refractivity contribution in [2.24, 2.45) is 0 Å². The van der Waals surface area contributed by atoms with Gasteiger partial charge in [0.25, 0.3) is 0 Å². The third-order valence-electron chi connectivity index (χ3n) is 6.14. The zero-order valence-electron chi connectivity index (χ0n) is 21.1. The van der Waals surface area contributed by atoms with Gasteiger partial charge in [-0.2, -0.15) is 0 Å². The maximum absolute atomic E-state index is 13.8. The molecule has 0 amide bonds. The Labute approximate surface area is 219 Å². The van der Waals surface area contributed by atoms with Crippen molar-refractivity contribution in [2.45, 2.75) is 44.8 Å². The SMILES string of the molecule is CC(C)c1nc(-c2ccnc(Nc3ccccc3)n2)c(-c2ccc(F)cc2)n1/C=C/[C@@H]1C[C@@H](O)CC(=O)O1. The van der Waals surface area contributed by atoms with Crippen molar-refractivity contribution < 1.29 is 19.0 Å². The number of carbonyl (C=O) groups is 1. The van der Waals surface area contributed by atoms with Gasteiger partial charge in [-0.25, -0.2) is 19.3 Å². The minimum absolute atomic E-state index is 0.00923. The van der Waals surface area contributed by atoms with Gasteiger partial charge >= 0.3 is 5.97 Å². The van der Waals surface area contributed by atoms with Gasteiger partial charge in [0.2, 0.25) is 5.95 Å². The van der Waals surface area contributed by atoms with Crippen LogP contribution in [0, 0.1) is 5.82 Å². The van der Waals surface area contributed by atoms with Gasteiger partial charge in [0.15, 0.2) is 0 Å². The molecule has 2 atom stereocenters. The first-order valence-corrected chi connectivity index (χ1v) is 12.5. The summed E-state index contributed by atoms with van der Waals surface area (Å²) in [7, 11) is 0. The summed E-state index contributed by atoms with van der Waals surface area (Å²) in [4.78, 5) is 25.9. The van der Waals surface area contributed by atoms with Gasteiger partial charge in [-0.15, -0.1) is 0 Å². The van der Waals surface area contributed by atoms with Crippen LogP contribution in [0.25, 0.3) is 28.8 Å². The molecule has 5 rings (SSSR count). The van der Waals surface area contributed by atoms with Crippen LogP contribution in [0.4, 0.5) is 16.0 Å². The predicted molar refractivity (Wildman–Crippen MR) is 143 cm³/mol. The summed E-state index contributed by atoms with van der Waals surface area (Å²) in [6.07, 6.45) is 4.19. The third-order valence-corrected chi connectivity index (χ3v) is 6.14. The number of aliphatic hydroxyl groups is 1. The molecule has 1 fully saturated rings. The Morgan fingerprint density at radius 3 is 2.58 bits per heavy atom. The first-order valence-electron chi connectivity index (χ1n) is 12.5. The fourth-order valence-corrected chi connectivity index (χ4v) is 4.38. The molecule has 2 aromatic carbocycles. The Kier molecular flexibility index (Phi) is 7.28. The van der Waals surface area contributed by atoms with E-state index < -0.39 is 18.2 Å². The molecule has 0 radical (unpaired) electrons. The number of esters is 1. The largest absolute Gasteiger partial charge is 0.458 e. The fraction of sp³-hybridized carbons (Fsp3) is 0.241. The van der Waals surface area contributed by atoms with Crippen molar-refractivity contribution >= 4 is 23.8 Å². The zero-order valence-corrected chi connectivity index (χ0v) is 21.1. The Morgan fingerprint density at radius 2 is 1.87 bits per heavy atom. The van der Waals surface area contributed by atoms with Crippen LogP contribution < -0.4 is 5.32 Å². The molecule has 1 aliphatic heterocycles. The molecule has 0 unspecified atom stereocenters. The lowest BCUT2D eigenvalue weighted by molar-refractivity contribution is -0.156. The summed E-state index contributed by atoms with van der Waals surface area (Å²) in [5, 5.41) is 13.2. The van der Waals surface area contributed by atoms with Crippen LogP contribution in [0.1, 0.15) is 38.4 Å². The van der Waals surface area contributed by atoms with E-state index in [0.717, 1.165) is 17.1 Å². The first kappa shape index (κ1) is 25.3. The van der Waals surface area contributed by atoms with Gasteiger partial charge < -0.3 is 19.7 Å². The molecule has 0 bridgehead atoms. The number of hydrogen-bond donors (Lipinski definition) is 2. The molecule has 38 heavy (non-hydrogen) atoms. The van der Waals surface area contributed by atoms with E-state index in [-0.39, 0.29) is 18.2 Å². The summed E-state index contributed by atoms with van der Waals surface area (Å²) in [6.45, 7) is 4.05. The Hall–Kier alpha value is -4.37. The molecule has 0 saturated carbocycles. The predicted octanol–water partition coefficient (Wildman–Crippen LogP) is 5.55. The monoisotopic (exact) mass is 513 g/mol. The van der Waals surface area contributed by atoms with Crippen LogP contribution in [0.15, 0.2) is 72.9 Å². The van der Waals surface area contributed by atoms with Crippen molar-refractivity contribution in [3.05, 3.63) is 84.6 Å². The van der Waals surface area contributed by atoms with Crippen LogP contribution in [0.5, 0.6) is 0 Å². The quantitative estimate of drug-likeness (QED) is 0.312. The number of benzene rings is 2. The van der Waals surface area contributed by atoms with Crippen LogP contribution in [0.2, 0.25) is 0 Å². The summed E-state index contributed by atoms with van der Waals surface area (Å²) in [5.74, 6) is 0.399. The van der Waals surface area contributed by atoms with E-state index in [9.17, 15) is 14.3 Å². The number of para-hydroxylation sites is 1. The molecule has 1 aliphatic rings. The average molecular weight is 514 g/mol. The highest BCUT2D eigenvalue weighted by Crippen LogP contribution is 2.35. The molecular weight excluding hydrogens is 485 g/mol. The lowest BCUT2D eigenvalue weighted by Crippen LogP contribution is -2.31. The number of nitrogens with one attached hydrogen (secondary N) is 1. The molecule has 4 aromatic rings. The molecule has 0 spiro atoms. The molecule has 1 saturated heterocycles. The van der Waals surface area contributed by atoms with Crippen molar-refractivity contribution in [2.75, 3.05) is 5.32 Å². The smallest absolute Gasteiger partial charge is 0.309 e. The van der Waals surface area contributed by atoms with Gasteiger partial charge in [0.05, 0.1) is 23.9 Å². The Morgan fingerprint density at radius 1 is 1.11 bits per heavy atom. The number of ether oxygens (including phenoxy) is 1. The average Bonchev–Trinajstić information content (AvgIpc) is 3.28. The Bertz CT molecular complexity index is 1450. The van der Waals surface area contributed by atoms with E-state index in [1.165, 1.54) is 12.1 Å². The second kappa shape index (κ2) is 10.9. The maximum atomic E-state index is 13.8. The minimum Gasteiger partial charge on any atom is -0.458 e. The number of anilines is 2. The van der Waals surface area contributed by atoms with Crippen LogP contribution in [0.3, 0.4) is 0 Å². The minimum atomic E-state index is -0.748. The number of nitrogens with zero attached hydrogens (tertiary/aromatic N) is 4. The second-order valence-corrected chi connectivity index (χ2v) is 9.42. The van der Waals surface area contributed by atoms with Gasteiger partial charge in [0.1, 0.15) is 23.4 Å². The number of rotatable bonds is 7. The van der Waals surface area contributed by atoms with Crippen LogP contribution >= 0.6 is 0 Å². The molecule has 8 nitrogen and oxygen atoms in total. The zero-order chi connectivity index (χ0) is 26.6. The van der Waals surface area contributed by atoms with Crippen LogP contribution in [-0.4, -0.2) is 42.8 Å². The lowest BCUT2D eigenvalue weighted by Gasteiger charge is -2.23. The number of aromatic nitrogens is 4. The Balaban J connectivity index is 1.61. The maximum Gasteiger partial charge on any atom is 0.309 e. The summed E-state index contributed by atoms with van der Waals surface area (Å²) in [5.41, 5.74) is 3.48. The number of carbonyl (C=O) groups excluding carboxylic acids is 1. The van der Waals surface area contributed by atoms with Crippen LogP contribution in [-0.2, 0) is 9.53 Å². The first-order chi connectivity index (χ1) is 18.4. The van der Waals surface area contributed by atoms with E-state index in [0.29, 0.717) is 29.5 Å². The van der Waals surface area contributed by atoms with E-state index >= 15 is 0 Å². The topological polar surface area (TPSA) is 102 Å². The molecule has 194 valence electrons. The normalized spacial score (nSPS) is 17.7. The molecule has 9 heteroatoms. The van der Waals surface area contributed by atoms with Gasteiger partial charge in [-0.05, 0) is 48.5 Å². The standard InChI is InChI=1S/C29H28FN5O3/c1-18(2)28-34-26(24-12-14-31-29(33-24)32-21-6-4-3-5-7-21)27(19-8-10-20(30)11-9-19)35(28)15-13-23-16-22(36)17-25(37)38-23/h3-15,18,22-23,36H,16-17H2,1-2H3,(H,31,32,33)/b15-13+/t22-,23-/m1/s1. The number of hydrogen-bond acceptors (Lipinski definition) is 7. The van der Waals surface area contributed by atoms with Gasteiger partial charge in [-0.3, -0.25) is 4.79 Å². The second-order valence-electron chi connectivity index (χ2n) is 9.42. The molecule has 2 aromatic heterocycles. The lowest BCUT2D eigenvalue weighted by atomic mass is 10.1. The fourth-order valence-electron chi connectivity index (χ4n) is 4.38. The van der Waals surface area contributed by atoms with E-state index in [4.69, 9.17) is 14.7 Å². The molecule has 0 aliphatic carbocycles. The van der Waals surface area contributed by atoms with Crippen molar-refractivity contribution in [3.8, 4) is 22.6 Å². The number of imidazole rings is 1. The molecule has 3 heterocycles. The highest BCUT2D eigenvalue weighted by Gasteiger charge is 2.26. The van der Waals surface area contributed by atoms with Gasteiger partial charge in [-0.1, -0.05) is 32.0 Å². The van der Waals surface area contributed by atoms with Crippen molar-refractivity contribution in [3.63, 3.8) is 0 Å². The number of cyclic esters (lactones) is 1. The molecule has 2 N–H and O–H groups in total. The number of halogens is 1. The summed E-state index contributed by atoms with van der Waals surface area (Å²) < 4.78 is 21.2. The van der Waals surface area contributed by atoms with E-state index in [2.05, 4.69) is 10.3 Å².